The van der Waals surface area contributed by atoms with Gasteiger partial charge in [0, 0.05) is 18.2 Å². The normalized spacial score (nSPS) is 18.9. The monoisotopic (exact) mass is 312 g/mol. The molecule has 1 aliphatic rings. The fourth-order valence-electron chi connectivity index (χ4n) is 2.10. The zero-order valence-corrected chi connectivity index (χ0v) is 12.2. The molecular formula is C14H17FN2O3S. The van der Waals surface area contributed by atoms with Gasteiger partial charge in [-0.2, -0.15) is 0 Å². The van der Waals surface area contributed by atoms with Crippen molar-refractivity contribution in [2.45, 2.75) is 23.8 Å². The number of halogens is 1. The predicted molar refractivity (Wildman–Crippen MR) is 76.5 cm³/mol. The van der Waals surface area contributed by atoms with Gasteiger partial charge in [0.1, 0.15) is 5.82 Å². The maximum atomic E-state index is 13.3. The Morgan fingerprint density at radius 3 is 2.95 bits per heavy atom. The predicted octanol–water partition coefficient (Wildman–Crippen LogP) is 0.593. The van der Waals surface area contributed by atoms with Gasteiger partial charge < -0.3 is 10.5 Å². The van der Waals surface area contributed by atoms with Crippen LogP contribution in [0.15, 0.2) is 23.1 Å². The highest BCUT2D eigenvalue weighted by Gasteiger charge is 2.24. The number of benzene rings is 1. The first-order chi connectivity index (χ1) is 10.0. The first kappa shape index (κ1) is 15.9. The number of nitrogens with one attached hydrogen (secondary N) is 1. The van der Waals surface area contributed by atoms with Gasteiger partial charge in [-0.25, -0.2) is 17.5 Å². The van der Waals surface area contributed by atoms with E-state index in [2.05, 4.69) is 16.6 Å². The number of nitrogens with two attached hydrogens (primary N) is 1. The van der Waals surface area contributed by atoms with Gasteiger partial charge in [0.05, 0.1) is 18.0 Å². The van der Waals surface area contributed by atoms with Crippen LogP contribution in [-0.4, -0.2) is 34.2 Å². The summed E-state index contributed by atoms with van der Waals surface area (Å²) in [6, 6.07) is 3.12. The summed E-state index contributed by atoms with van der Waals surface area (Å²) in [5, 5.41) is 0. The molecule has 2 rings (SSSR count). The summed E-state index contributed by atoms with van der Waals surface area (Å²) in [4.78, 5) is -0.0459. The van der Waals surface area contributed by atoms with Crippen LogP contribution >= 0.6 is 0 Å². The van der Waals surface area contributed by atoms with E-state index >= 15 is 0 Å². The lowest BCUT2D eigenvalue weighted by Gasteiger charge is -2.23. The lowest BCUT2D eigenvalue weighted by Crippen LogP contribution is -2.40. The SMILES string of the molecule is NCC#Cc1cc(F)ccc1S(=O)(=O)NC1CCCOC1. The smallest absolute Gasteiger partial charge is 0.242 e. The molecule has 0 bridgehead atoms. The van der Waals surface area contributed by atoms with Crippen LogP contribution in [0, 0.1) is 17.7 Å². The molecule has 1 saturated heterocycles. The molecule has 3 N–H and O–H groups in total. The first-order valence-corrected chi connectivity index (χ1v) is 8.10. The van der Waals surface area contributed by atoms with Gasteiger partial charge in [-0.05, 0) is 31.0 Å². The number of hydrogen-bond acceptors (Lipinski definition) is 4. The Kier molecular flexibility index (Phi) is 5.31. The van der Waals surface area contributed by atoms with Gasteiger partial charge in [0.15, 0.2) is 0 Å². The fraction of sp³-hybridized carbons (Fsp3) is 0.429. The average molecular weight is 312 g/mol. The Balaban J connectivity index is 2.30. The second-order valence-electron chi connectivity index (χ2n) is 4.68. The quantitative estimate of drug-likeness (QED) is 0.801. The third-order valence-electron chi connectivity index (χ3n) is 3.04. The molecule has 114 valence electrons. The molecule has 5 nitrogen and oxygen atoms in total. The van der Waals surface area contributed by atoms with Crippen LogP contribution in [0.3, 0.4) is 0 Å². The van der Waals surface area contributed by atoms with Crippen molar-refractivity contribution < 1.29 is 17.5 Å². The number of sulfonamides is 1. The first-order valence-electron chi connectivity index (χ1n) is 6.61. The molecule has 0 radical (unpaired) electrons. The average Bonchev–Trinajstić information content (AvgIpc) is 2.45. The highest BCUT2D eigenvalue weighted by molar-refractivity contribution is 7.89. The van der Waals surface area contributed by atoms with Crippen LogP contribution in [0.2, 0.25) is 0 Å². The Hall–Kier alpha value is -1.46. The highest BCUT2D eigenvalue weighted by Crippen LogP contribution is 2.18. The van der Waals surface area contributed by atoms with Crippen molar-refractivity contribution in [1.82, 2.24) is 4.72 Å². The van der Waals surface area contributed by atoms with E-state index in [4.69, 9.17) is 10.5 Å². The van der Waals surface area contributed by atoms with Crippen LogP contribution in [0.5, 0.6) is 0 Å². The van der Waals surface area contributed by atoms with E-state index in [-0.39, 0.29) is 23.0 Å². The molecule has 1 heterocycles. The van der Waals surface area contributed by atoms with Gasteiger partial charge in [0.25, 0.3) is 0 Å². The summed E-state index contributed by atoms with van der Waals surface area (Å²) in [6.45, 7) is 1.05. The Bertz CT molecular complexity index is 659. The number of ether oxygens (including phenoxy) is 1. The summed E-state index contributed by atoms with van der Waals surface area (Å²) >= 11 is 0. The molecule has 1 aromatic rings. The Morgan fingerprint density at radius 1 is 1.48 bits per heavy atom. The minimum absolute atomic E-state index is 0.0459. The van der Waals surface area contributed by atoms with Gasteiger partial charge in [-0.15, -0.1) is 0 Å². The molecule has 0 aromatic heterocycles. The van der Waals surface area contributed by atoms with Gasteiger partial charge in [-0.1, -0.05) is 11.8 Å². The van der Waals surface area contributed by atoms with Crippen molar-refractivity contribution in [3.63, 3.8) is 0 Å². The van der Waals surface area contributed by atoms with Crippen molar-refractivity contribution >= 4 is 10.0 Å². The standard InChI is InChI=1S/C14H17FN2O3S/c15-12-5-6-14(11(9-12)3-1-7-16)21(18,19)17-13-4-2-8-20-10-13/h5-6,9,13,17H,2,4,7-8,10,16H2. The fourth-order valence-corrected chi connectivity index (χ4v) is 3.50. The van der Waals surface area contributed by atoms with Gasteiger partial charge in [0.2, 0.25) is 10.0 Å². The molecular weight excluding hydrogens is 295 g/mol. The molecule has 1 atom stereocenters. The van der Waals surface area contributed by atoms with E-state index in [0.717, 1.165) is 18.6 Å². The van der Waals surface area contributed by atoms with Crippen molar-refractivity contribution in [2.24, 2.45) is 5.73 Å². The zero-order valence-electron chi connectivity index (χ0n) is 11.4. The van der Waals surface area contributed by atoms with Crippen LogP contribution in [-0.2, 0) is 14.8 Å². The largest absolute Gasteiger partial charge is 0.380 e. The van der Waals surface area contributed by atoms with E-state index in [1.165, 1.54) is 6.07 Å². The number of rotatable bonds is 3. The molecule has 1 aliphatic heterocycles. The van der Waals surface area contributed by atoms with E-state index in [1.54, 1.807) is 0 Å². The second-order valence-corrected chi connectivity index (χ2v) is 6.36. The minimum Gasteiger partial charge on any atom is -0.380 e. The maximum absolute atomic E-state index is 13.3. The lowest BCUT2D eigenvalue weighted by molar-refractivity contribution is 0.0774. The maximum Gasteiger partial charge on any atom is 0.242 e. The van der Waals surface area contributed by atoms with E-state index in [0.29, 0.717) is 19.6 Å². The van der Waals surface area contributed by atoms with E-state index in [1.807, 2.05) is 0 Å². The molecule has 7 heteroatoms. The minimum atomic E-state index is -3.78. The van der Waals surface area contributed by atoms with Crippen molar-refractivity contribution in [3.8, 4) is 11.8 Å². The zero-order chi connectivity index (χ0) is 15.3. The highest BCUT2D eigenvalue weighted by atomic mass is 32.2. The summed E-state index contributed by atoms with van der Waals surface area (Å²) in [5.41, 5.74) is 5.38. The molecule has 0 amide bonds. The van der Waals surface area contributed by atoms with Gasteiger partial charge >= 0.3 is 0 Å². The number of hydrogen-bond donors (Lipinski definition) is 2. The van der Waals surface area contributed by atoms with Crippen LogP contribution in [0.4, 0.5) is 4.39 Å². The molecule has 0 spiro atoms. The topological polar surface area (TPSA) is 81.4 Å². The molecule has 0 aliphatic carbocycles. The Labute approximate surface area is 123 Å². The third kappa shape index (κ3) is 4.25. The van der Waals surface area contributed by atoms with E-state index < -0.39 is 15.8 Å². The van der Waals surface area contributed by atoms with Crippen LogP contribution in [0.1, 0.15) is 18.4 Å². The third-order valence-corrected chi connectivity index (χ3v) is 4.62. The summed E-state index contributed by atoms with van der Waals surface area (Å²) in [6.07, 6.45) is 1.51. The summed E-state index contributed by atoms with van der Waals surface area (Å²) in [7, 11) is -3.78. The van der Waals surface area contributed by atoms with Crippen molar-refractivity contribution in [2.75, 3.05) is 19.8 Å². The summed E-state index contributed by atoms with van der Waals surface area (Å²) < 4.78 is 45.9. The van der Waals surface area contributed by atoms with Crippen molar-refractivity contribution in [1.29, 1.82) is 0 Å². The van der Waals surface area contributed by atoms with E-state index in [9.17, 15) is 12.8 Å². The second kappa shape index (κ2) is 7.00. The Morgan fingerprint density at radius 2 is 2.29 bits per heavy atom. The molecule has 1 fully saturated rings. The van der Waals surface area contributed by atoms with Gasteiger partial charge in [-0.3, -0.25) is 0 Å². The van der Waals surface area contributed by atoms with Crippen molar-refractivity contribution in [3.05, 3.63) is 29.6 Å². The molecule has 0 saturated carbocycles. The molecule has 1 unspecified atom stereocenters. The molecule has 1 aromatic carbocycles. The summed E-state index contributed by atoms with van der Waals surface area (Å²) in [5.74, 6) is 4.59. The lowest BCUT2D eigenvalue weighted by atomic mass is 10.1. The molecule has 21 heavy (non-hydrogen) atoms. The van der Waals surface area contributed by atoms with Crippen LogP contribution in [0.25, 0.3) is 0 Å². The van der Waals surface area contributed by atoms with Crippen LogP contribution < -0.4 is 10.5 Å².